The molecule has 2 heterocycles. The largest absolute Gasteiger partial charge is 0.380 e. The number of fused-ring (bicyclic) bond motifs is 2. The van der Waals surface area contributed by atoms with Gasteiger partial charge in [0.1, 0.15) is 5.82 Å². The van der Waals surface area contributed by atoms with Crippen LogP contribution in [0.25, 0.3) is 0 Å². The van der Waals surface area contributed by atoms with Crippen LogP contribution in [-0.4, -0.2) is 36.0 Å². The number of sulfonamides is 1. The lowest BCUT2D eigenvalue weighted by Gasteiger charge is -2.25. The van der Waals surface area contributed by atoms with E-state index >= 15 is 0 Å². The zero-order valence-corrected chi connectivity index (χ0v) is 19.0. The lowest BCUT2D eigenvalue weighted by molar-refractivity contribution is 0.427. The fourth-order valence-electron chi connectivity index (χ4n) is 4.08. The average Bonchev–Trinajstić information content (AvgIpc) is 2.82. The topological polar surface area (TPSA) is 104 Å². The van der Waals surface area contributed by atoms with Gasteiger partial charge >= 0.3 is 0 Å². The van der Waals surface area contributed by atoms with E-state index in [0.717, 1.165) is 19.2 Å². The minimum Gasteiger partial charge on any atom is -0.380 e. The molecular weight excluding hydrogens is 441 g/mol. The van der Waals surface area contributed by atoms with Crippen LogP contribution in [0.15, 0.2) is 45.0 Å². The van der Waals surface area contributed by atoms with Gasteiger partial charge in [0.2, 0.25) is 19.9 Å². The number of nitrogens with one attached hydrogen (secondary N) is 3. The highest BCUT2D eigenvalue weighted by Gasteiger charge is 2.33. The maximum absolute atomic E-state index is 13.8. The van der Waals surface area contributed by atoms with E-state index in [0.29, 0.717) is 29.7 Å². The number of hydrogen-bond donors (Lipinski definition) is 3. The fourth-order valence-corrected chi connectivity index (χ4v) is 7.52. The smallest absolute Gasteiger partial charge is 0.241 e. The molecule has 0 saturated carbocycles. The molecule has 0 spiro atoms. The Bertz CT molecular complexity index is 1220. The van der Waals surface area contributed by atoms with Gasteiger partial charge in [-0.1, -0.05) is 19.9 Å². The molecule has 31 heavy (non-hydrogen) atoms. The fraction of sp³-hybridized carbons (Fsp3) is 0.429. The van der Waals surface area contributed by atoms with Crippen LogP contribution in [0.3, 0.4) is 0 Å². The van der Waals surface area contributed by atoms with Gasteiger partial charge in [-0.05, 0) is 67.2 Å². The summed E-state index contributed by atoms with van der Waals surface area (Å²) >= 11 is 0. The van der Waals surface area contributed by atoms with Crippen LogP contribution in [0.1, 0.15) is 43.7 Å². The van der Waals surface area contributed by atoms with Gasteiger partial charge in [0, 0.05) is 12.6 Å². The molecule has 0 aromatic heterocycles. The van der Waals surface area contributed by atoms with Crippen LogP contribution in [0, 0.1) is 5.82 Å². The molecule has 2 aromatic carbocycles. The Morgan fingerprint density at radius 1 is 1.10 bits per heavy atom. The van der Waals surface area contributed by atoms with Gasteiger partial charge in [-0.25, -0.2) is 25.9 Å². The van der Waals surface area contributed by atoms with E-state index in [1.165, 1.54) is 18.2 Å². The molecule has 0 amide bonds. The molecule has 0 unspecified atom stereocenters. The van der Waals surface area contributed by atoms with Crippen LogP contribution >= 0.6 is 0 Å². The minimum absolute atomic E-state index is 0.0509. The number of benzene rings is 2. The van der Waals surface area contributed by atoms with Gasteiger partial charge in [0.05, 0.1) is 20.4 Å². The zero-order chi connectivity index (χ0) is 22.4. The van der Waals surface area contributed by atoms with Crippen molar-refractivity contribution in [3.63, 3.8) is 0 Å². The van der Waals surface area contributed by atoms with E-state index in [9.17, 15) is 21.2 Å². The molecule has 7 nitrogen and oxygen atoms in total. The van der Waals surface area contributed by atoms with Gasteiger partial charge in [-0.15, -0.1) is 0 Å². The molecule has 4 rings (SSSR count). The molecule has 2 aliphatic rings. The maximum atomic E-state index is 13.8. The van der Waals surface area contributed by atoms with Crippen LogP contribution < -0.4 is 15.4 Å². The summed E-state index contributed by atoms with van der Waals surface area (Å²) in [4.78, 5) is -0.359. The third-order valence-electron chi connectivity index (χ3n) is 5.76. The van der Waals surface area contributed by atoms with Crippen molar-refractivity contribution < 1.29 is 21.2 Å². The van der Waals surface area contributed by atoms with Crippen molar-refractivity contribution in [2.75, 3.05) is 18.4 Å². The number of piperidine rings is 1. The van der Waals surface area contributed by atoms with Gasteiger partial charge in [0.25, 0.3) is 0 Å². The van der Waals surface area contributed by atoms with Crippen molar-refractivity contribution in [3.05, 3.63) is 47.3 Å². The SMILES string of the molecule is CC(C)c1cc2c(cc1S(=O)(=O)NC1CCNCC1)S(=O)(=O)c1cc(F)ccc1CN2. The third kappa shape index (κ3) is 4.21. The maximum Gasteiger partial charge on any atom is 0.241 e. The summed E-state index contributed by atoms with van der Waals surface area (Å²) in [6.45, 7) is 5.35. The number of halogens is 1. The molecule has 3 N–H and O–H groups in total. The lowest BCUT2D eigenvalue weighted by Crippen LogP contribution is -2.42. The minimum atomic E-state index is -4.12. The van der Waals surface area contributed by atoms with Gasteiger partial charge in [-0.3, -0.25) is 0 Å². The second kappa shape index (κ2) is 8.16. The summed E-state index contributed by atoms with van der Waals surface area (Å²) in [6, 6.07) is 6.23. The van der Waals surface area contributed by atoms with E-state index in [-0.39, 0.29) is 33.2 Å². The van der Waals surface area contributed by atoms with E-state index in [1.54, 1.807) is 6.07 Å². The normalized spacial score (nSPS) is 18.7. The van der Waals surface area contributed by atoms with Crippen molar-refractivity contribution in [3.8, 4) is 0 Å². The molecule has 0 atom stereocenters. The number of sulfone groups is 1. The first kappa shape index (κ1) is 22.2. The predicted octanol–water partition coefficient (Wildman–Crippen LogP) is 2.74. The molecule has 2 aromatic rings. The quantitative estimate of drug-likeness (QED) is 0.639. The monoisotopic (exact) mass is 467 g/mol. The Morgan fingerprint density at radius 2 is 1.81 bits per heavy atom. The van der Waals surface area contributed by atoms with Crippen LogP contribution in [0.5, 0.6) is 0 Å². The first-order chi connectivity index (χ1) is 14.6. The van der Waals surface area contributed by atoms with Crippen LogP contribution in [0.4, 0.5) is 10.1 Å². The van der Waals surface area contributed by atoms with Crippen molar-refractivity contribution in [2.24, 2.45) is 0 Å². The number of hydrogen-bond acceptors (Lipinski definition) is 6. The predicted molar refractivity (Wildman–Crippen MR) is 116 cm³/mol. The second-order valence-corrected chi connectivity index (χ2v) is 11.9. The Labute approximate surface area is 182 Å². The highest BCUT2D eigenvalue weighted by Crippen LogP contribution is 2.38. The number of anilines is 1. The number of rotatable bonds is 4. The average molecular weight is 468 g/mol. The Hall–Kier alpha value is -2.01. The molecule has 168 valence electrons. The van der Waals surface area contributed by atoms with Gasteiger partial charge < -0.3 is 10.6 Å². The molecular formula is C21H26FN3O4S2. The molecule has 0 aliphatic carbocycles. The summed E-state index contributed by atoms with van der Waals surface area (Å²) in [6.07, 6.45) is 1.32. The van der Waals surface area contributed by atoms with E-state index in [1.807, 2.05) is 13.8 Å². The first-order valence-electron chi connectivity index (χ1n) is 10.3. The Balaban J connectivity index is 1.87. The molecule has 0 bridgehead atoms. The zero-order valence-electron chi connectivity index (χ0n) is 17.4. The Morgan fingerprint density at radius 3 is 2.48 bits per heavy atom. The Kier molecular flexibility index (Phi) is 5.84. The van der Waals surface area contributed by atoms with Crippen molar-refractivity contribution in [1.29, 1.82) is 0 Å². The van der Waals surface area contributed by atoms with Crippen LogP contribution in [0.2, 0.25) is 0 Å². The second-order valence-electron chi connectivity index (χ2n) is 8.30. The van der Waals surface area contributed by atoms with Gasteiger partial charge in [0.15, 0.2) is 0 Å². The summed E-state index contributed by atoms with van der Waals surface area (Å²) in [7, 11) is -8.08. The summed E-state index contributed by atoms with van der Waals surface area (Å²) in [5.74, 6) is -0.817. The molecule has 10 heteroatoms. The highest BCUT2D eigenvalue weighted by molar-refractivity contribution is 7.92. The molecule has 1 saturated heterocycles. The van der Waals surface area contributed by atoms with Crippen LogP contribution in [-0.2, 0) is 26.4 Å². The standard InChI is InChI=1S/C21H26FN3O4S2/c1-13(2)17-10-18-21(11-20(17)31(28,29)25-16-5-7-23-8-6-16)30(26,27)19-9-15(22)4-3-14(19)12-24-18/h3-4,9-11,13,16,23-25H,5-8,12H2,1-2H3. The third-order valence-corrected chi connectivity index (χ3v) is 9.21. The van der Waals surface area contributed by atoms with E-state index in [4.69, 9.17) is 0 Å². The summed E-state index contributed by atoms with van der Waals surface area (Å²) in [5, 5.41) is 6.28. The molecule has 0 radical (unpaired) electrons. The van der Waals surface area contributed by atoms with Gasteiger partial charge in [-0.2, -0.15) is 0 Å². The summed E-state index contributed by atoms with van der Waals surface area (Å²) in [5.41, 5.74) is 1.28. The van der Waals surface area contributed by atoms with E-state index in [2.05, 4.69) is 15.4 Å². The van der Waals surface area contributed by atoms with Crippen molar-refractivity contribution >= 4 is 25.5 Å². The molecule has 2 aliphatic heterocycles. The molecule has 1 fully saturated rings. The van der Waals surface area contributed by atoms with E-state index < -0.39 is 25.7 Å². The summed E-state index contributed by atoms with van der Waals surface area (Å²) < 4.78 is 70.0. The van der Waals surface area contributed by atoms with Crippen molar-refractivity contribution in [1.82, 2.24) is 10.0 Å². The van der Waals surface area contributed by atoms with Crippen molar-refractivity contribution in [2.45, 2.75) is 59.9 Å². The lowest BCUT2D eigenvalue weighted by atomic mass is 10.0. The highest BCUT2D eigenvalue weighted by atomic mass is 32.2. The first-order valence-corrected chi connectivity index (χ1v) is 13.2.